The largest absolute Gasteiger partial charge is 0.455 e. The lowest BCUT2D eigenvalue weighted by Crippen LogP contribution is -2.31. The number of rotatable bonds is 4. The Morgan fingerprint density at radius 3 is 1.17 bits per heavy atom. The minimum absolute atomic E-state index is 0.178. The van der Waals surface area contributed by atoms with Crippen LogP contribution in [0.4, 0.5) is 0 Å². The zero-order chi connectivity index (χ0) is 98.4. The molecule has 0 atom stereocenters. The molecule has 0 amide bonds. The van der Waals surface area contributed by atoms with Crippen molar-refractivity contribution >= 4 is 131 Å². The van der Waals surface area contributed by atoms with E-state index in [4.69, 9.17) is 46.5 Å². The Morgan fingerprint density at radius 2 is 0.678 bits per heavy atom. The van der Waals surface area contributed by atoms with Crippen molar-refractivity contribution in [3.63, 3.8) is 0 Å². The number of aromatic nitrogens is 8. The summed E-state index contributed by atoms with van der Waals surface area (Å²) in [5.41, 5.74) is 25.6. The second kappa shape index (κ2) is 28.4. The predicted molar refractivity (Wildman–Crippen MR) is 473 cm³/mol. The fourth-order valence-corrected chi connectivity index (χ4v) is 16.3. The van der Waals surface area contributed by atoms with Gasteiger partial charge in [-0.2, -0.15) is 0 Å². The Bertz CT molecular complexity index is 8370. The summed E-state index contributed by atoms with van der Waals surface area (Å²) < 4.78 is 201. The van der Waals surface area contributed by atoms with Gasteiger partial charge in [-0.25, -0.2) is 18.3 Å². The molecule has 20 aromatic rings. The summed E-state index contributed by atoms with van der Waals surface area (Å²) in [5.74, 6) is 0. The highest BCUT2D eigenvalue weighted by Gasteiger charge is 2.29. The molecule has 0 fully saturated rings. The monoisotopic (exact) mass is 1530 g/mol. The highest BCUT2D eigenvalue weighted by atomic mass is 16.3. The van der Waals surface area contributed by atoms with Crippen LogP contribution >= 0.6 is 0 Å². The molecule has 0 aliphatic carbocycles. The van der Waals surface area contributed by atoms with Crippen molar-refractivity contribution in [2.45, 2.75) is 131 Å². The van der Waals surface area contributed by atoms with Crippen LogP contribution in [0.3, 0.4) is 0 Å². The number of benzene rings is 8. The van der Waals surface area contributed by atoms with Gasteiger partial charge in [0.25, 0.3) is 0 Å². The van der Waals surface area contributed by atoms with E-state index in [-0.39, 0.29) is 33.4 Å². The number of hydrogen-bond acceptors (Lipinski definition) is 8. The molecule has 0 radical (unpaired) electrons. The van der Waals surface area contributed by atoms with Crippen molar-refractivity contribution in [1.82, 2.24) is 19.9 Å². The highest BCUT2D eigenvalue weighted by molar-refractivity contribution is 6.18. The third kappa shape index (κ3) is 12.9. The van der Waals surface area contributed by atoms with E-state index in [0.717, 1.165) is 139 Å². The molecule has 0 N–H and O–H groups in total. The normalized spacial score (nSPS) is 15.3. The smallest absolute Gasteiger partial charge is 0.216 e. The molecule has 0 aliphatic rings. The fraction of sp³-hybridized carbons (Fsp3) is 0.223. The third-order valence-corrected chi connectivity index (χ3v) is 22.5. The van der Waals surface area contributed by atoms with Crippen molar-refractivity contribution < 1.29 is 64.7 Å². The van der Waals surface area contributed by atoms with E-state index in [9.17, 15) is 0 Å². The van der Waals surface area contributed by atoms with E-state index in [0.29, 0.717) is 110 Å². The Labute approximate surface area is 700 Å². The van der Waals surface area contributed by atoms with Crippen LogP contribution in [-0.4, -0.2) is 19.9 Å². The van der Waals surface area contributed by atoms with Gasteiger partial charge in [0.2, 0.25) is 22.8 Å². The van der Waals surface area contributed by atoms with Gasteiger partial charge in [0, 0.05) is 169 Å². The lowest BCUT2D eigenvalue weighted by Gasteiger charge is -2.09. The second-order valence-corrected chi connectivity index (χ2v) is 30.9. The molecule has 0 saturated heterocycles. The maximum Gasteiger partial charge on any atom is 0.216 e. The molecule has 0 aliphatic heterocycles. The summed E-state index contributed by atoms with van der Waals surface area (Å²) in [6, 6.07) is 46.2. The van der Waals surface area contributed by atoms with Crippen molar-refractivity contribution in [1.29, 1.82) is 0 Å². The van der Waals surface area contributed by atoms with Gasteiger partial charge < -0.3 is 17.7 Å². The zero-order valence-electron chi connectivity index (χ0n) is 88.0. The number of pyridine rings is 8. The molecule has 0 unspecified atom stereocenters. The van der Waals surface area contributed by atoms with Gasteiger partial charge >= 0.3 is 0 Å². The quantitative estimate of drug-likeness (QED) is 0.160. The van der Waals surface area contributed by atoms with Crippen LogP contribution in [0.2, 0.25) is 0 Å². The van der Waals surface area contributed by atoms with E-state index in [1.165, 1.54) is 0 Å². The van der Waals surface area contributed by atoms with Crippen LogP contribution < -0.4 is 18.3 Å². The van der Waals surface area contributed by atoms with Crippen molar-refractivity contribution in [3.8, 4) is 45.0 Å². The maximum atomic E-state index is 8.32. The summed E-state index contributed by atoms with van der Waals surface area (Å²) in [4.78, 5) is 18.3. The summed E-state index contributed by atoms with van der Waals surface area (Å²) in [7, 11) is 7.28. The molecule has 12 nitrogen and oxygen atoms in total. The van der Waals surface area contributed by atoms with Gasteiger partial charge in [0.1, 0.15) is 72.9 Å². The van der Waals surface area contributed by atoms with Crippen LogP contribution in [0.1, 0.15) is 135 Å². The predicted octanol–water partition coefficient (Wildman–Crippen LogP) is 24.4. The van der Waals surface area contributed by atoms with E-state index in [1.54, 1.807) is 92.7 Å². The van der Waals surface area contributed by atoms with Gasteiger partial charge in [-0.05, 0) is 252 Å². The molecule has 8 aromatic carbocycles. The molecule has 115 heavy (non-hydrogen) atoms. The van der Waals surface area contributed by atoms with Gasteiger partial charge in [-0.1, -0.05) is 60.7 Å². The first-order valence-electron chi connectivity index (χ1n) is 48.5. The summed E-state index contributed by atoms with van der Waals surface area (Å²) >= 11 is 0. The fourth-order valence-electron chi connectivity index (χ4n) is 16.3. The average Bonchev–Trinajstić information content (AvgIpc) is 1.60. The zero-order valence-corrected chi connectivity index (χ0v) is 67.0. The minimum Gasteiger partial charge on any atom is -0.455 e. The molecule has 12 aromatic heterocycles. The van der Waals surface area contributed by atoms with Gasteiger partial charge in [0.05, 0.1) is 44.3 Å². The van der Waals surface area contributed by atoms with Crippen molar-refractivity contribution in [3.05, 3.63) is 283 Å². The highest BCUT2D eigenvalue weighted by Crippen LogP contribution is 2.46. The van der Waals surface area contributed by atoms with Crippen molar-refractivity contribution in [2.24, 2.45) is 28.2 Å². The molecule has 12 heteroatoms. The SMILES string of the molecule is [2H]C([2H])([2H])c1c[n+](C)c(-c2c(C)cc(C([2H])([2H])[2H])c3c2oc2cc4nc(C)ccc4cc23)cc1C.[2H]C([2H])([2H])c1c[n+](C)c(-c2c(C)ccc3c2oc2cc4cc(C)cnc4c(C([2H])([2H])[2H])c23)cc1C.[2H]C([2H])([2H])c1c[n+](C)c(-c2c(C)ccc3c2oc2cc4ccc(C)nc4c(C([2H])([2H])[2H])c23)cc1C.[2H]C([2H])([2H])c1c[n+](C)c(-c2c(C)ccc3c2oc2cc4ccc(C)nc4cc23)cc1C. The number of nitrogens with zero attached hydrogens (tertiary/aromatic N) is 8. The van der Waals surface area contributed by atoms with E-state index < -0.39 is 48.0 Å². The second-order valence-electron chi connectivity index (χ2n) is 30.9. The Balaban J connectivity index is 0.000000126. The molecule has 0 saturated carbocycles. The van der Waals surface area contributed by atoms with Crippen LogP contribution in [-0.2, 0) is 28.2 Å². The van der Waals surface area contributed by atoms with Gasteiger partial charge in [-0.3, -0.25) is 19.9 Å². The summed E-state index contributed by atoms with van der Waals surface area (Å²) in [6.07, 6.45) is 8.27. The standard InChI is InChI=1S/3C26H25N2O.C25H23N2O/c1-14-7-10-20-24-18(5)25-19(9-8-17(4)27-25)12-22(24)29-26(20)23(14)21-11-15(2)16(3)13-28(21)6;1-14-10-22(28(6)13-17(14)4)25-16(3)9-15(2)24-20-11-19-8-7-18(5)27-21(19)12-23(20)29-26(24)25;1-14-9-19-11-22-24(18(5)25(19)27-12-14)20-8-7-15(2)23(26(20)29-22)21-10-16(3)17(4)13-28(21)6;1-14-6-9-19-20-12-21-18(8-7-17(4)26-21)11-23(20)28-25(19)24(14)22-10-15(2)16(3)13-27(22)5/h3*7-13H,1-6H3;6-13H,1-5H3/q4*+1/i3D3,5D3;2D3,4D3;4D3,5D3;3D3. The number of aryl methyl sites for hydroxylation is 23. The maximum absolute atomic E-state index is 8.32. The topological polar surface area (TPSA) is 120 Å². The number of hydrogen-bond donors (Lipinski definition) is 0. The van der Waals surface area contributed by atoms with Crippen LogP contribution in [0.25, 0.3) is 176 Å². The summed E-state index contributed by atoms with van der Waals surface area (Å²) in [6.45, 7) is 6.70. The summed E-state index contributed by atoms with van der Waals surface area (Å²) in [5, 5.41) is 9.10. The van der Waals surface area contributed by atoms with Crippen LogP contribution in [0.5, 0.6) is 0 Å². The minimum atomic E-state index is -2.40. The lowest BCUT2D eigenvalue weighted by atomic mass is 9.95. The van der Waals surface area contributed by atoms with Crippen LogP contribution in [0.15, 0.2) is 194 Å². The molecule has 0 bridgehead atoms. The third-order valence-electron chi connectivity index (χ3n) is 22.5. The van der Waals surface area contributed by atoms with Gasteiger partial charge in [0.15, 0.2) is 24.8 Å². The Morgan fingerprint density at radius 1 is 0.278 bits per heavy atom. The first-order chi connectivity index (χ1) is 63.4. The Kier molecular flexibility index (Phi) is 13.3. The van der Waals surface area contributed by atoms with E-state index >= 15 is 0 Å². The van der Waals surface area contributed by atoms with E-state index in [1.807, 2.05) is 182 Å². The van der Waals surface area contributed by atoms with Crippen molar-refractivity contribution in [2.75, 3.05) is 0 Å². The number of fused-ring (bicyclic) bond motifs is 16. The van der Waals surface area contributed by atoms with Gasteiger partial charge in [-0.15, -0.1) is 0 Å². The average molecular weight is 1530 g/mol. The first kappa shape index (κ1) is 54.0. The Hall–Kier alpha value is -12.8. The first-order valence-corrected chi connectivity index (χ1v) is 38.0. The molecule has 12 heterocycles. The molecular weight excluding hydrogens is 1410 g/mol. The number of furan rings is 4. The molecular formula is C103H98N8O4+4. The van der Waals surface area contributed by atoms with Crippen LogP contribution in [0, 0.1) is 131 Å². The lowest BCUT2D eigenvalue weighted by molar-refractivity contribution is -0.660. The molecule has 0 spiro atoms. The molecule has 20 rings (SSSR count). The van der Waals surface area contributed by atoms with E-state index in [2.05, 4.69) is 51.1 Å². The molecule has 570 valence electrons.